The predicted molar refractivity (Wildman–Crippen MR) is 66.5 cm³/mol. The van der Waals surface area contributed by atoms with Gasteiger partial charge in [-0.05, 0) is 24.3 Å². The highest BCUT2D eigenvalue weighted by Crippen LogP contribution is 2.19. The highest BCUT2D eigenvalue weighted by atomic mass is 32.2. The van der Waals surface area contributed by atoms with Crippen LogP contribution in [0.3, 0.4) is 0 Å². The molecule has 0 heterocycles. The van der Waals surface area contributed by atoms with E-state index in [1.807, 2.05) is 0 Å². The molecule has 0 aromatic heterocycles. The van der Waals surface area contributed by atoms with Crippen LogP contribution in [0.25, 0.3) is 0 Å². The van der Waals surface area contributed by atoms with Crippen molar-refractivity contribution in [1.82, 2.24) is 0 Å². The molecular formula is C13H14O3S. The third kappa shape index (κ3) is 3.15. The van der Waals surface area contributed by atoms with Crippen LogP contribution in [-0.4, -0.2) is 20.6 Å². The van der Waals surface area contributed by atoms with Gasteiger partial charge in [-0.25, -0.2) is 8.42 Å². The highest BCUT2D eigenvalue weighted by molar-refractivity contribution is 7.91. The first-order valence-electron chi connectivity index (χ1n) is 5.01. The molecule has 0 aliphatic carbocycles. The van der Waals surface area contributed by atoms with Crippen molar-refractivity contribution in [3.05, 3.63) is 60.7 Å². The summed E-state index contributed by atoms with van der Waals surface area (Å²) in [5.74, 6) is 0. The van der Waals surface area contributed by atoms with Crippen LogP contribution >= 0.6 is 0 Å². The van der Waals surface area contributed by atoms with Crippen LogP contribution in [0.15, 0.2) is 70.5 Å². The second-order valence-corrected chi connectivity index (χ2v) is 5.08. The molecule has 0 aliphatic rings. The van der Waals surface area contributed by atoms with Gasteiger partial charge in [0.25, 0.3) is 0 Å². The molecule has 1 N–H and O–H groups in total. The van der Waals surface area contributed by atoms with Crippen molar-refractivity contribution in [3.8, 4) is 0 Å². The lowest BCUT2D eigenvalue weighted by molar-refractivity contribution is 0.399. The maximum Gasteiger partial charge on any atom is 0.206 e. The van der Waals surface area contributed by atoms with Crippen molar-refractivity contribution in [2.45, 2.75) is 9.79 Å². The highest BCUT2D eigenvalue weighted by Gasteiger charge is 2.15. The zero-order valence-corrected chi connectivity index (χ0v) is 10.3. The van der Waals surface area contributed by atoms with E-state index < -0.39 is 9.84 Å². The smallest absolute Gasteiger partial charge is 0.206 e. The van der Waals surface area contributed by atoms with Gasteiger partial charge in [-0.15, -0.1) is 0 Å². The molecule has 0 spiro atoms. The lowest BCUT2D eigenvalue weighted by Gasteiger charge is -2.03. The van der Waals surface area contributed by atoms with E-state index in [2.05, 4.69) is 0 Å². The Labute approximate surface area is 101 Å². The molecule has 0 saturated heterocycles. The van der Waals surface area contributed by atoms with E-state index in [0.717, 1.165) is 7.11 Å². The zero-order valence-electron chi connectivity index (χ0n) is 9.45. The number of aliphatic hydroxyl groups excluding tert-OH is 1. The third-order valence-electron chi connectivity index (χ3n) is 2.11. The summed E-state index contributed by atoms with van der Waals surface area (Å²) in [5.41, 5.74) is 0. The Morgan fingerprint density at radius 2 is 1.00 bits per heavy atom. The fourth-order valence-corrected chi connectivity index (χ4v) is 2.64. The summed E-state index contributed by atoms with van der Waals surface area (Å²) in [7, 11) is -2.34. The van der Waals surface area contributed by atoms with Gasteiger partial charge in [0.15, 0.2) is 0 Å². The second-order valence-electron chi connectivity index (χ2n) is 3.13. The molecule has 2 aromatic carbocycles. The Balaban J connectivity index is 0.000000686. The van der Waals surface area contributed by atoms with Gasteiger partial charge in [0.1, 0.15) is 0 Å². The lowest BCUT2D eigenvalue weighted by atomic mass is 10.4. The third-order valence-corrected chi connectivity index (χ3v) is 3.89. The van der Waals surface area contributed by atoms with Crippen molar-refractivity contribution >= 4 is 9.84 Å². The fourth-order valence-electron chi connectivity index (χ4n) is 1.34. The van der Waals surface area contributed by atoms with E-state index in [-0.39, 0.29) is 0 Å². The van der Waals surface area contributed by atoms with Crippen LogP contribution in [0, 0.1) is 0 Å². The van der Waals surface area contributed by atoms with Crippen LogP contribution in [0.1, 0.15) is 0 Å². The van der Waals surface area contributed by atoms with Crippen molar-refractivity contribution in [3.63, 3.8) is 0 Å². The zero-order chi connectivity index (χ0) is 12.7. The summed E-state index contributed by atoms with van der Waals surface area (Å²) < 4.78 is 24.1. The lowest BCUT2D eigenvalue weighted by Crippen LogP contribution is -2.00. The summed E-state index contributed by atoms with van der Waals surface area (Å²) in [4.78, 5) is 0.660. The second kappa shape index (κ2) is 6.18. The Hall–Kier alpha value is -1.65. The molecule has 0 radical (unpaired) electrons. The molecule has 0 atom stereocenters. The number of hydrogen-bond donors (Lipinski definition) is 1. The number of rotatable bonds is 2. The summed E-state index contributed by atoms with van der Waals surface area (Å²) in [5, 5.41) is 7.00. The van der Waals surface area contributed by atoms with Crippen molar-refractivity contribution in [2.75, 3.05) is 7.11 Å². The Morgan fingerprint density at radius 1 is 0.706 bits per heavy atom. The monoisotopic (exact) mass is 250 g/mol. The van der Waals surface area contributed by atoms with E-state index >= 15 is 0 Å². The summed E-state index contributed by atoms with van der Waals surface area (Å²) in [6.45, 7) is 0. The number of hydrogen-bond acceptors (Lipinski definition) is 3. The van der Waals surface area contributed by atoms with Crippen LogP contribution in [-0.2, 0) is 9.84 Å². The molecular weight excluding hydrogens is 236 g/mol. The largest absolute Gasteiger partial charge is 0.400 e. The summed E-state index contributed by atoms with van der Waals surface area (Å²) >= 11 is 0. The van der Waals surface area contributed by atoms with Crippen LogP contribution in [0.4, 0.5) is 0 Å². The van der Waals surface area contributed by atoms with Gasteiger partial charge in [-0.3, -0.25) is 0 Å². The molecule has 0 bridgehead atoms. The van der Waals surface area contributed by atoms with Gasteiger partial charge in [-0.2, -0.15) is 0 Å². The summed E-state index contributed by atoms with van der Waals surface area (Å²) in [6.07, 6.45) is 0. The average molecular weight is 250 g/mol. The molecule has 17 heavy (non-hydrogen) atoms. The Kier molecular flexibility index (Phi) is 4.87. The van der Waals surface area contributed by atoms with Gasteiger partial charge in [0.2, 0.25) is 9.84 Å². The van der Waals surface area contributed by atoms with Crippen molar-refractivity contribution in [2.24, 2.45) is 0 Å². The predicted octanol–water partition coefficient (Wildman–Crippen LogP) is 2.13. The molecule has 0 amide bonds. The van der Waals surface area contributed by atoms with E-state index in [4.69, 9.17) is 5.11 Å². The first-order valence-corrected chi connectivity index (χ1v) is 6.49. The molecule has 90 valence electrons. The van der Waals surface area contributed by atoms with E-state index in [0.29, 0.717) is 9.79 Å². The Bertz CT molecular complexity index is 488. The molecule has 0 saturated carbocycles. The van der Waals surface area contributed by atoms with Gasteiger partial charge < -0.3 is 5.11 Å². The molecule has 0 unspecified atom stereocenters. The van der Waals surface area contributed by atoms with Crippen LogP contribution in [0.2, 0.25) is 0 Å². The fraction of sp³-hybridized carbons (Fsp3) is 0.0769. The minimum atomic E-state index is -3.34. The normalized spacial score (nSPS) is 10.2. The van der Waals surface area contributed by atoms with E-state index in [9.17, 15) is 8.42 Å². The quantitative estimate of drug-likeness (QED) is 0.888. The molecule has 0 aliphatic heterocycles. The van der Waals surface area contributed by atoms with Crippen LogP contribution in [0.5, 0.6) is 0 Å². The number of sulfone groups is 1. The standard InChI is InChI=1S/C12H10O2S.CH4O/c13-15(14,11-7-3-1-4-8-11)12-9-5-2-6-10-12;1-2/h1-10H;2H,1H3. The minimum absolute atomic E-state index is 0.330. The molecule has 4 heteroatoms. The molecule has 0 fully saturated rings. The maximum absolute atomic E-state index is 12.0. The van der Waals surface area contributed by atoms with Gasteiger partial charge >= 0.3 is 0 Å². The van der Waals surface area contributed by atoms with Gasteiger partial charge in [0, 0.05) is 7.11 Å². The minimum Gasteiger partial charge on any atom is -0.400 e. The number of aliphatic hydroxyl groups is 1. The van der Waals surface area contributed by atoms with Crippen molar-refractivity contribution in [1.29, 1.82) is 0 Å². The van der Waals surface area contributed by atoms with Crippen molar-refractivity contribution < 1.29 is 13.5 Å². The van der Waals surface area contributed by atoms with Crippen LogP contribution < -0.4 is 0 Å². The van der Waals surface area contributed by atoms with E-state index in [1.54, 1.807) is 60.7 Å². The van der Waals surface area contributed by atoms with Gasteiger partial charge in [0.05, 0.1) is 9.79 Å². The average Bonchev–Trinajstić information content (AvgIpc) is 2.43. The SMILES string of the molecule is CO.O=S(=O)(c1ccccc1)c1ccccc1. The van der Waals surface area contributed by atoms with Gasteiger partial charge in [-0.1, -0.05) is 36.4 Å². The first kappa shape index (κ1) is 13.4. The maximum atomic E-state index is 12.0. The Morgan fingerprint density at radius 3 is 1.29 bits per heavy atom. The molecule has 3 nitrogen and oxygen atoms in total. The van der Waals surface area contributed by atoms with E-state index in [1.165, 1.54) is 0 Å². The topological polar surface area (TPSA) is 54.4 Å². The molecule has 2 aromatic rings. The first-order chi connectivity index (χ1) is 8.21. The molecule has 2 rings (SSSR count). The number of benzene rings is 2. The summed E-state index contributed by atoms with van der Waals surface area (Å²) in [6, 6.07) is 16.9.